The molecule has 1 aliphatic rings. The number of benzene rings is 2. The van der Waals surface area contributed by atoms with Gasteiger partial charge in [-0.15, -0.1) is 0 Å². The van der Waals surface area contributed by atoms with Crippen molar-refractivity contribution in [1.82, 2.24) is 4.98 Å². The summed E-state index contributed by atoms with van der Waals surface area (Å²) in [6.45, 7) is 0. The Morgan fingerprint density at radius 2 is 1.88 bits per heavy atom. The van der Waals surface area contributed by atoms with Gasteiger partial charge < -0.3 is 10.1 Å². The number of H-pyrrole nitrogens is 1. The molecule has 0 bridgehead atoms. The van der Waals surface area contributed by atoms with E-state index in [9.17, 15) is 18.3 Å². The average molecular weight is 331 g/mol. The van der Waals surface area contributed by atoms with Crippen molar-refractivity contribution in [2.75, 3.05) is 0 Å². The second-order valence-corrected chi connectivity index (χ2v) is 6.29. The highest BCUT2D eigenvalue weighted by Crippen LogP contribution is 2.37. The summed E-state index contributed by atoms with van der Waals surface area (Å²) in [7, 11) is 0. The van der Waals surface area contributed by atoms with Crippen molar-refractivity contribution in [2.24, 2.45) is 0 Å². The number of aliphatic hydroxyl groups excluding tert-OH is 1. The van der Waals surface area contributed by atoms with E-state index in [1.807, 2.05) is 18.2 Å². The summed E-state index contributed by atoms with van der Waals surface area (Å²) >= 11 is 0. The SMILES string of the molecule is OC1CCc2[nH]c3c(-c4cccc(C(F)(F)F)c4)cccc3c2C1. The van der Waals surface area contributed by atoms with Gasteiger partial charge >= 0.3 is 6.18 Å². The molecule has 0 amide bonds. The van der Waals surface area contributed by atoms with Crippen LogP contribution in [0, 0.1) is 0 Å². The highest BCUT2D eigenvalue weighted by molar-refractivity contribution is 5.97. The molecule has 3 aromatic rings. The Kier molecular flexibility index (Phi) is 3.42. The first-order valence-corrected chi connectivity index (χ1v) is 7.91. The van der Waals surface area contributed by atoms with Gasteiger partial charge in [-0.1, -0.05) is 30.3 Å². The maximum atomic E-state index is 13.0. The summed E-state index contributed by atoms with van der Waals surface area (Å²) in [5.74, 6) is 0. The summed E-state index contributed by atoms with van der Waals surface area (Å²) in [5.41, 5.74) is 3.64. The minimum atomic E-state index is -4.36. The van der Waals surface area contributed by atoms with Crippen LogP contribution in [0.25, 0.3) is 22.0 Å². The van der Waals surface area contributed by atoms with Crippen LogP contribution in [0.4, 0.5) is 13.2 Å². The number of rotatable bonds is 1. The lowest BCUT2D eigenvalue weighted by molar-refractivity contribution is -0.137. The largest absolute Gasteiger partial charge is 0.416 e. The predicted octanol–water partition coefficient (Wildman–Crippen LogP) is 4.70. The Hall–Kier alpha value is -2.27. The third-order valence-electron chi connectivity index (χ3n) is 4.70. The van der Waals surface area contributed by atoms with Crippen LogP contribution in [0.3, 0.4) is 0 Å². The number of halogens is 3. The van der Waals surface area contributed by atoms with Gasteiger partial charge in [0.1, 0.15) is 0 Å². The van der Waals surface area contributed by atoms with Gasteiger partial charge in [0.15, 0.2) is 0 Å². The smallest absolute Gasteiger partial charge is 0.393 e. The van der Waals surface area contributed by atoms with E-state index in [0.717, 1.165) is 40.2 Å². The molecular weight excluding hydrogens is 315 g/mol. The fourth-order valence-corrected chi connectivity index (χ4v) is 3.53. The van der Waals surface area contributed by atoms with Crippen LogP contribution in [0.5, 0.6) is 0 Å². The lowest BCUT2D eigenvalue weighted by Gasteiger charge is -2.17. The van der Waals surface area contributed by atoms with Crippen LogP contribution in [0.2, 0.25) is 0 Å². The number of hydrogen-bond acceptors (Lipinski definition) is 1. The standard InChI is InChI=1S/C19H16F3NO/c20-19(21,22)12-4-1-3-11(9-12)14-5-2-6-15-16-10-13(24)7-8-17(16)23-18(14)15/h1-6,9,13,23-24H,7-8,10H2. The normalized spacial score (nSPS) is 17.9. The molecule has 1 atom stereocenters. The number of aliphatic hydroxyl groups is 1. The van der Waals surface area contributed by atoms with Crippen LogP contribution < -0.4 is 0 Å². The Labute approximate surface area is 136 Å². The molecule has 2 aromatic carbocycles. The fourth-order valence-electron chi connectivity index (χ4n) is 3.53. The Morgan fingerprint density at radius 3 is 2.67 bits per heavy atom. The van der Waals surface area contributed by atoms with E-state index in [2.05, 4.69) is 4.98 Å². The second-order valence-electron chi connectivity index (χ2n) is 6.29. The Morgan fingerprint density at radius 1 is 1.08 bits per heavy atom. The topological polar surface area (TPSA) is 36.0 Å². The number of aromatic amines is 1. The minimum absolute atomic E-state index is 0.353. The number of alkyl halides is 3. The number of aryl methyl sites for hydroxylation is 1. The molecule has 0 saturated carbocycles. The number of fused-ring (bicyclic) bond motifs is 3. The van der Waals surface area contributed by atoms with Crippen molar-refractivity contribution in [1.29, 1.82) is 0 Å². The molecule has 124 valence electrons. The zero-order chi connectivity index (χ0) is 16.9. The van der Waals surface area contributed by atoms with E-state index < -0.39 is 11.7 Å². The third kappa shape index (κ3) is 2.49. The molecule has 24 heavy (non-hydrogen) atoms. The lowest BCUT2D eigenvalue weighted by Crippen LogP contribution is -2.17. The molecule has 1 aromatic heterocycles. The first-order chi connectivity index (χ1) is 11.4. The predicted molar refractivity (Wildman–Crippen MR) is 86.8 cm³/mol. The van der Waals surface area contributed by atoms with E-state index >= 15 is 0 Å². The van der Waals surface area contributed by atoms with Crippen molar-refractivity contribution in [3.63, 3.8) is 0 Å². The van der Waals surface area contributed by atoms with Gasteiger partial charge in [0.25, 0.3) is 0 Å². The number of para-hydroxylation sites is 1. The molecule has 1 aliphatic carbocycles. The van der Waals surface area contributed by atoms with Crippen LogP contribution in [-0.4, -0.2) is 16.2 Å². The van der Waals surface area contributed by atoms with Gasteiger partial charge in [-0.05, 0) is 36.1 Å². The van der Waals surface area contributed by atoms with E-state index in [1.54, 1.807) is 6.07 Å². The highest BCUT2D eigenvalue weighted by Gasteiger charge is 2.30. The first kappa shape index (κ1) is 15.3. The molecule has 0 fully saturated rings. The summed E-state index contributed by atoms with van der Waals surface area (Å²) < 4.78 is 39.0. The molecule has 0 saturated heterocycles. The monoisotopic (exact) mass is 331 g/mol. The van der Waals surface area contributed by atoms with Gasteiger partial charge in [-0.2, -0.15) is 13.2 Å². The van der Waals surface area contributed by atoms with Crippen molar-refractivity contribution in [2.45, 2.75) is 31.5 Å². The van der Waals surface area contributed by atoms with Crippen LogP contribution in [0.1, 0.15) is 23.2 Å². The van der Waals surface area contributed by atoms with Gasteiger partial charge in [-0.3, -0.25) is 0 Å². The highest BCUT2D eigenvalue weighted by atomic mass is 19.4. The quantitative estimate of drug-likeness (QED) is 0.666. The van der Waals surface area contributed by atoms with Gasteiger partial charge in [0.05, 0.1) is 17.2 Å². The van der Waals surface area contributed by atoms with Crippen LogP contribution >= 0.6 is 0 Å². The molecule has 0 spiro atoms. The van der Waals surface area contributed by atoms with Crippen molar-refractivity contribution in [3.8, 4) is 11.1 Å². The molecule has 1 unspecified atom stereocenters. The Balaban J connectivity index is 1.89. The number of hydrogen-bond donors (Lipinski definition) is 2. The van der Waals surface area contributed by atoms with Crippen LogP contribution in [-0.2, 0) is 19.0 Å². The van der Waals surface area contributed by atoms with E-state index in [1.165, 1.54) is 12.1 Å². The van der Waals surface area contributed by atoms with E-state index in [-0.39, 0.29) is 6.10 Å². The summed E-state index contributed by atoms with van der Waals surface area (Å²) in [6, 6.07) is 11.0. The van der Waals surface area contributed by atoms with Crippen LogP contribution in [0.15, 0.2) is 42.5 Å². The molecular formula is C19H16F3NO. The van der Waals surface area contributed by atoms with Crippen molar-refractivity contribution >= 4 is 10.9 Å². The van der Waals surface area contributed by atoms with E-state index in [0.29, 0.717) is 18.4 Å². The molecule has 0 radical (unpaired) electrons. The minimum Gasteiger partial charge on any atom is -0.393 e. The molecule has 0 aliphatic heterocycles. The zero-order valence-electron chi connectivity index (χ0n) is 12.8. The van der Waals surface area contributed by atoms with Gasteiger partial charge in [-0.25, -0.2) is 0 Å². The lowest BCUT2D eigenvalue weighted by atomic mass is 9.92. The average Bonchev–Trinajstić information content (AvgIpc) is 2.92. The first-order valence-electron chi connectivity index (χ1n) is 7.91. The molecule has 4 rings (SSSR count). The third-order valence-corrected chi connectivity index (χ3v) is 4.70. The second kappa shape index (κ2) is 5.38. The summed E-state index contributed by atoms with van der Waals surface area (Å²) in [4.78, 5) is 3.37. The maximum absolute atomic E-state index is 13.0. The molecule has 2 nitrogen and oxygen atoms in total. The van der Waals surface area contributed by atoms with Crippen molar-refractivity contribution < 1.29 is 18.3 Å². The molecule has 5 heteroatoms. The summed E-state index contributed by atoms with van der Waals surface area (Å²) in [6.07, 6.45) is -2.66. The summed E-state index contributed by atoms with van der Waals surface area (Å²) in [5, 5.41) is 10.9. The number of aromatic nitrogens is 1. The fraction of sp³-hybridized carbons (Fsp3) is 0.263. The maximum Gasteiger partial charge on any atom is 0.416 e. The van der Waals surface area contributed by atoms with Gasteiger partial charge in [0.2, 0.25) is 0 Å². The molecule has 1 heterocycles. The van der Waals surface area contributed by atoms with Gasteiger partial charge in [0, 0.05) is 23.1 Å². The Bertz CT molecular complexity index is 911. The zero-order valence-corrected chi connectivity index (χ0v) is 12.8. The molecule has 2 N–H and O–H groups in total. The van der Waals surface area contributed by atoms with Crippen molar-refractivity contribution in [3.05, 3.63) is 59.3 Å². The number of nitrogens with one attached hydrogen (secondary N) is 1. The van der Waals surface area contributed by atoms with E-state index in [4.69, 9.17) is 0 Å².